The minimum atomic E-state index is -0.131. The zero-order valence-electron chi connectivity index (χ0n) is 15.2. The second kappa shape index (κ2) is 7.28. The number of amides is 1. The highest BCUT2D eigenvalue weighted by Crippen LogP contribution is 2.31. The van der Waals surface area contributed by atoms with Gasteiger partial charge in [0.15, 0.2) is 5.13 Å². The van der Waals surface area contributed by atoms with E-state index in [0.717, 1.165) is 22.2 Å². The fraction of sp³-hybridized carbons (Fsp3) is 0.200. The Labute approximate surface area is 161 Å². The van der Waals surface area contributed by atoms with Crippen LogP contribution in [0.2, 0.25) is 0 Å². The molecule has 0 unspecified atom stereocenters. The summed E-state index contributed by atoms with van der Waals surface area (Å²) in [6.45, 7) is 2.53. The van der Waals surface area contributed by atoms with Crippen LogP contribution in [-0.2, 0) is 20.0 Å². The maximum absolute atomic E-state index is 13.2. The number of aryl methyl sites for hydroxylation is 2. The zero-order valence-corrected chi connectivity index (χ0v) is 16.0. The number of carbonyl (C=O) groups is 1. The number of anilines is 1. The minimum absolute atomic E-state index is 0.131. The van der Waals surface area contributed by atoms with Gasteiger partial charge in [-0.05, 0) is 41.8 Å². The van der Waals surface area contributed by atoms with Crippen molar-refractivity contribution < 1.29 is 4.79 Å². The molecule has 1 amide bonds. The number of hydrogen-bond acceptors (Lipinski definition) is 5. The number of benzene rings is 1. The summed E-state index contributed by atoms with van der Waals surface area (Å²) in [7, 11) is 1.77. The third-order valence-corrected chi connectivity index (χ3v) is 5.47. The fourth-order valence-corrected chi connectivity index (χ4v) is 3.94. The summed E-state index contributed by atoms with van der Waals surface area (Å²) in [6, 6.07) is 11.8. The minimum Gasteiger partial charge on any atom is -0.278 e. The highest BCUT2D eigenvalue weighted by Gasteiger charge is 2.24. The molecule has 4 aromatic rings. The molecule has 3 heterocycles. The summed E-state index contributed by atoms with van der Waals surface area (Å²) in [6.07, 6.45) is 6.09. The Morgan fingerprint density at radius 3 is 2.78 bits per heavy atom. The third-order valence-electron chi connectivity index (χ3n) is 4.43. The van der Waals surface area contributed by atoms with Crippen molar-refractivity contribution in [1.29, 1.82) is 0 Å². The number of fused-ring (bicyclic) bond motifs is 1. The first-order valence-electron chi connectivity index (χ1n) is 8.74. The van der Waals surface area contributed by atoms with Crippen molar-refractivity contribution in [3.63, 3.8) is 0 Å². The molecule has 0 N–H and O–H groups in total. The van der Waals surface area contributed by atoms with Crippen molar-refractivity contribution in [3.05, 3.63) is 71.8 Å². The van der Waals surface area contributed by atoms with E-state index in [-0.39, 0.29) is 5.91 Å². The lowest BCUT2D eigenvalue weighted by Crippen LogP contribution is -2.31. The van der Waals surface area contributed by atoms with Crippen LogP contribution in [0.5, 0.6) is 0 Å². The van der Waals surface area contributed by atoms with Gasteiger partial charge >= 0.3 is 0 Å². The van der Waals surface area contributed by atoms with E-state index in [4.69, 9.17) is 4.98 Å². The Kier molecular flexibility index (Phi) is 4.68. The maximum atomic E-state index is 13.2. The lowest BCUT2D eigenvalue weighted by molar-refractivity contribution is 0.0976. The number of thiazole rings is 1. The van der Waals surface area contributed by atoms with Gasteiger partial charge in [-0.2, -0.15) is 5.10 Å². The van der Waals surface area contributed by atoms with E-state index < -0.39 is 0 Å². The molecule has 0 fully saturated rings. The number of nitrogens with zero attached hydrogens (tertiary/aromatic N) is 5. The van der Waals surface area contributed by atoms with Crippen LogP contribution in [0, 0.1) is 0 Å². The number of aromatic nitrogens is 4. The fourth-order valence-electron chi connectivity index (χ4n) is 2.91. The van der Waals surface area contributed by atoms with E-state index in [1.54, 1.807) is 41.3 Å². The van der Waals surface area contributed by atoms with Crippen molar-refractivity contribution in [2.24, 2.45) is 7.05 Å². The molecule has 136 valence electrons. The molecule has 0 aliphatic carbocycles. The average molecular weight is 377 g/mol. The summed E-state index contributed by atoms with van der Waals surface area (Å²) in [4.78, 5) is 23.8. The summed E-state index contributed by atoms with van der Waals surface area (Å²) in [5.41, 5.74) is 3.63. The molecule has 0 aliphatic rings. The summed E-state index contributed by atoms with van der Waals surface area (Å²) in [5.74, 6) is -0.131. The molecule has 0 radical (unpaired) electrons. The maximum Gasteiger partial charge on any atom is 0.278 e. The number of pyridine rings is 1. The molecule has 0 atom stereocenters. The molecule has 7 heteroatoms. The predicted molar refractivity (Wildman–Crippen MR) is 107 cm³/mol. The number of rotatable bonds is 5. The highest BCUT2D eigenvalue weighted by molar-refractivity contribution is 7.22. The van der Waals surface area contributed by atoms with Gasteiger partial charge in [0.05, 0.1) is 16.8 Å². The molecule has 0 saturated carbocycles. The van der Waals surface area contributed by atoms with Gasteiger partial charge < -0.3 is 0 Å². The SMILES string of the molecule is CCc1ccc2nc(N(Cc3cccnc3)C(=O)c3ccnn3C)sc2c1. The molecule has 1 aromatic carbocycles. The normalized spacial score (nSPS) is 11.0. The molecule has 0 bridgehead atoms. The molecular weight excluding hydrogens is 358 g/mol. The largest absolute Gasteiger partial charge is 0.278 e. The number of carbonyl (C=O) groups excluding carboxylic acids is 1. The molecular formula is C20H19N5OS. The van der Waals surface area contributed by atoms with Crippen molar-refractivity contribution >= 4 is 32.6 Å². The van der Waals surface area contributed by atoms with E-state index in [0.29, 0.717) is 17.4 Å². The van der Waals surface area contributed by atoms with Gasteiger partial charge in [0, 0.05) is 25.6 Å². The van der Waals surface area contributed by atoms with Gasteiger partial charge in [0.25, 0.3) is 5.91 Å². The van der Waals surface area contributed by atoms with Gasteiger partial charge in [-0.15, -0.1) is 0 Å². The van der Waals surface area contributed by atoms with Crippen LogP contribution < -0.4 is 4.90 Å². The first-order chi connectivity index (χ1) is 13.2. The summed E-state index contributed by atoms with van der Waals surface area (Å²) in [5, 5.41) is 4.80. The van der Waals surface area contributed by atoms with E-state index in [1.807, 2.05) is 18.2 Å². The molecule has 0 aliphatic heterocycles. The molecule has 3 aromatic heterocycles. The van der Waals surface area contributed by atoms with Crippen LogP contribution in [0.15, 0.2) is 55.0 Å². The Hall–Kier alpha value is -3.06. The number of hydrogen-bond donors (Lipinski definition) is 0. The van der Waals surface area contributed by atoms with Crippen LogP contribution in [0.3, 0.4) is 0 Å². The second-order valence-corrected chi connectivity index (χ2v) is 7.25. The topological polar surface area (TPSA) is 63.9 Å². The Balaban J connectivity index is 1.77. The third kappa shape index (κ3) is 3.46. The van der Waals surface area contributed by atoms with E-state index in [2.05, 4.69) is 29.1 Å². The highest BCUT2D eigenvalue weighted by atomic mass is 32.1. The summed E-state index contributed by atoms with van der Waals surface area (Å²) >= 11 is 1.53. The lowest BCUT2D eigenvalue weighted by Gasteiger charge is -2.19. The van der Waals surface area contributed by atoms with Crippen molar-refractivity contribution in [2.45, 2.75) is 19.9 Å². The Morgan fingerprint density at radius 1 is 1.19 bits per heavy atom. The van der Waals surface area contributed by atoms with Crippen molar-refractivity contribution in [2.75, 3.05) is 4.90 Å². The zero-order chi connectivity index (χ0) is 18.8. The lowest BCUT2D eigenvalue weighted by atomic mass is 10.2. The first-order valence-corrected chi connectivity index (χ1v) is 9.55. The summed E-state index contributed by atoms with van der Waals surface area (Å²) < 4.78 is 2.67. The standard InChI is InChI=1S/C20H19N5OS/c1-3-14-6-7-16-18(11-14)27-20(23-16)25(13-15-5-4-9-21-12-15)19(26)17-8-10-22-24(17)2/h4-12H,3,13H2,1-2H3. The van der Waals surface area contributed by atoms with E-state index in [9.17, 15) is 4.79 Å². The van der Waals surface area contributed by atoms with Crippen LogP contribution in [0.1, 0.15) is 28.5 Å². The molecule has 0 spiro atoms. The molecule has 4 rings (SSSR count). The van der Waals surface area contributed by atoms with Crippen LogP contribution in [-0.4, -0.2) is 25.7 Å². The first kappa shape index (κ1) is 17.4. The van der Waals surface area contributed by atoms with Gasteiger partial charge in [-0.1, -0.05) is 30.4 Å². The average Bonchev–Trinajstić information content (AvgIpc) is 3.31. The van der Waals surface area contributed by atoms with E-state index in [1.165, 1.54) is 16.9 Å². The molecule has 6 nitrogen and oxygen atoms in total. The van der Waals surface area contributed by atoms with Crippen LogP contribution in [0.4, 0.5) is 5.13 Å². The monoisotopic (exact) mass is 377 g/mol. The van der Waals surface area contributed by atoms with Crippen molar-refractivity contribution in [3.8, 4) is 0 Å². The molecule has 27 heavy (non-hydrogen) atoms. The van der Waals surface area contributed by atoms with Crippen molar-refractivity contribution in [1.82, 2.24) is 19.7 Å². The van der Waals surface area contributed by atoms with Gasteiger partial charge in [0.1, 0.15) is 5.69 Å². The second-order valence-electron chi connectivity index (χ2n) is 6.24. The van der Waals surface area contributed by atoms with Crippen LogP contribution >= 0.6 is 11.3 Å². The smallest absolute Gasteiger partial charge is 0.278 e. The van der Waals surface area contributed by atoms with E-state index >= 15 is 0 Å². The van der Waals surface area contributed by atoms with Gasteiger partial charge in [-0.3, -0.25) is 19.4 Å². The van der Waals surface area contributed by atoms with Crippen LogP contribution in [0.25, 0.3) is 10.2 Å². The predicted octanol–water partition coefficient (Wildman–Crippen LogP) is 3.83. The molecule has 0 saturated heterocycles. The Morgan fingerprint density at radius 2 is 2.07 bits per heavy atom. The van der Waals surface area contributed by atoms with Gasteiger partial charge in [0.2, 0.25) is 0 Å². The Bertz CT molecular complexity index is 1090. The van der Waals surface area contributed by atoms with Gasteiger partial charge in [-0.25, -0.2) is 4.98 Å². The quantitative estimate of drug-likeness (QED) is 0.530.